The number of H-pyrrole nitrogens is 1. The number of carbonyl (C=O) groups is 1. The number of hydrogen-bond donors (Lipinski definition) is 1. The highest BCUT2D eigenvalue weighted by Gasteiger charge is 2.34. The Hall–Kier alpha value is -3.22. The van der Waals surface area contributed by atoms with Gasteiger partial charge >= 0.3 is 0 Å². The monoisotopic (exact) mass is 332 g/mol. The van der Waals surface area contributed by atoms with Gasteiger partial charge in [-0.05, 0) is 18.2 Å². The first-order valence-electron chi connectivity index (χ1n) is 8.21. The van der Waals surface area contributed by atoms with Gasteiger partial charge in [-0.25, -0.2) is 4.98 Å². The molecule has 4 heterocycles. The van der Waals surface area contributed by atoms with Gasteiger partial charge in [0.1, 0.15) is 11.3 Å². The van der Waals surface area contributed by atoms with Gasteiger partial charge in [0.15, 0.2) is 0 Å². The minimum absolute atomic E-state index is 0.00274. The van der Waals surface area contributed by atoms with Crippen LogP contribution in [0, 0.1) is 0 Å². The van der Waals surface area contributed by atoms with Crippen LogP contribution >= 0.6 is 0 Å². The van der Waals surface area contributed by atoms with Crippen molar-refractivity contribution in [1.29, 1.82) is 0 Å². The molecule has 1 aliphatic rings. The predicted molar refractivity (Wildman–Crippen MR) is 93.2 cm³/mol. The van der Waals surface area contributed by atoms with Crippen LogP contribution in [0.5, 0.6) is 0 Å². The molecular weight excluding hydrogens is 316 g/mol. The number of aromatic nitrogens is 5. The van der Waals surface area contributed by atoms with E-state index in [4.69, 9.17) is 0 Å². The maximum Gasteiger partial charge on any atom is 0.255 e. The summed E-state index contributed by atoms with van der Waals surface area (Å²) < 4.78 is 1.73. The fraction of sp³-hybridized carbons (Fsp3) is 0.222. The summed E-state index contributed by atoms with van der Waals surface area (Å²) in [5, 5.41) is 4.16. The van der Waals surface area contributed by atoms with Crippen molar-refractivity contribution in [2.24, 2.45) is 7.05 Å². The number of hydrogen-bond acceptors (Lipinski definition) is 4. The van der Waals surface area contributed by atoms with Gasteiger partial charge in [0.25, 0.3) is 5.91 Å². The Labute approximate surface area is 143 Å². The first-order valence-corrected chi connectivity index (χ1v) is 8.21. The number of aromatic amines is 1. The average molecular weight is 332 g/mol. The zero-order valence-corrected chi connectivity index (χ0v) is 13.7. The highest BCUT2D eigenvalue weighted by Crippen LogP contribution is 2.28. The third-order valence-corrected chi connectivity index (χ3v) is 4.81. The van der Waals surface area contributed by atoms with Crippen molar-refractivity contribution < 1.29 is 4.79 Å². The van der Waals surface area contributed by atoms with E-state index in [2.05, 4.69) is 20.1 Å². The van der Waals surface area contributed by atoms with Gasteiger partial charge in [-0.1, -0.05) is 12.1 Å². The number of likely N-dealkylation sites (tertiary alicyclic amines) is 1. The summed E-state index contributed by atoms with van der Waals surface area (Å²) in [6.07, 6.45) is 3.33. The lowest BCUT2D eigenvalue weighted by molar-refractivity contribution is 0.0595. The molecular formula is C18H16N6O. The maximum absolute atomic E-state index is 12.7. The molecule has 0 saturated carbocycles. The summed E-state index contributed by atoms with van der Waals surface area (Å²) in [6, 6.07) is 9.83. The van der Waals surface area contributed by atoms with E-state index in [0.717, 1.165) is 27.9 Å². The Morgan fingerprint density at radius 2 is 2.04 bits per heavy atom. The summed E-state index contributed by atoms with van der Waals surface area (Å²) in [5.41, 5.74) is 4.25. The molecule has 0 aliphatic carbocycles. The van der Waals surface area contributed by atoms with Crippen LogP contribution in [-0.2, 0) is 7.05 Å². The molecule has 1 fully saturated rings. The van der Waals surface area contributed by atoms with E-state index in [0.29, 0.717) is 18.7 Å². The van der Waals surface area contributed by atoms with Crippen LogP contribution in [-0.4, -0.2) is 48.6 Å². The smallest absolute Gasteiger partial charge is 0.255 e. The van der Waals surface area contributed by atoms with Crippen LogP contribution in [0.3, 0.4) is 0 Å². The number of benzene rings is 1. The van der Waals surface area contributed by atoms with Crippen LogP contribution in [0.1, 0.15) is 22.1 Å². The van der Waals surface area contributed by atoms with Crippen LogP contribution in [0.15, 0.2) is 42.7 Å². The van der Waals surface area contributed by atoms with Gasteiger partial charge < -0.3 is 9.88 Å². The number of nitrogens with one attached hydrogen (secondary N) is 1. The lowest BCUT2D eigenvalue weighted by Gasteiger charge is -2.38. The standard InChI is InChI=1S/C18H16N6O/c1-23-16-6-11(7-19-15(16)8-20-23)18(25)24-9-12(10-24)17-21-13-4-2-3-5-14(13)22-17/h2-8,12H,9-10H2,1H3,(H,21,22). The number of pyridine rings is 1. The topological polar surface area (TPSA) is 79.7 Å². The van der Waals surface area contributed by atoms with E-state index in [1.54, 1.807) is 17.1 Å². The Morgan fingerprint density at radius 3 is 2.88 bits per heavy atom. The molecule has 1 N–H and O–H groups in total. The molecule has 0 radical (unpaired) electrons. The predicted octanol–water partition coefficient (Wildman–Crippen LogP) is 2.08. The van der Waals surface area contributed by atoms with Crippen molar-refractivity contribution in [3.63, 3.8) is 0 Å². The molecule has 3 aromatic heterocycles. The van der Waals surface area contributed by atoms with Crippen molar-refractivity contribution in [3.05, 3.63) is 54.1 Å². The zero-order chi connectivity index (χ0) is 17.0. The molecule has 7 heteroatoms. The number of para-hydroxylation sites is 2. The van der Waals surface area contributed by atoms with E-state index in [1.165, 1.54) is 0 Å². The molecule has 1 aliphatic heterocycles. The molecule has 5 rings (SSSR count). The summed E-state index contributed by atoms with van der Waals surface area (Å²) in [4.78, 5) is 26.8. The second kappa shape index (κ2) is 5.14. The quantitative estimate of drug-likeness (QED) is 0.609. The van der Waals surface area contributed by atoms with Crippen LogP contribution in [0.4, 0.5) is 0 Å². The molecule has 124 valence electrons. The van der Waals surface area contributed by atoms with Crippen LogP contribution in [0.2, 0.25) is 0 Å². The first kappa shape index (κ1) is 14.2. The third kappa shape index (κ3) is 2.20. The van der Waals surface area contributed by atoms with E-state index < -0.39 is 0 Å². The van der Waals surface area contributed by atoms with Crippen molar-refractivity contribution in [3.8, 4) is 0 Å². The molecule has 4 aromatic rings. The molecule has 1 saturated heterocycles. The molecule has 1 aromatic carbocycles. The average Bonchev–Trinajstić information content (AvgIpc) is 3.17. The second-order valence-corrected chi connectivity index (χ2v) is 6.44. The van der Waals surface area contributed by atoms with Crippen molar-refractivity contribution in [2.45, 2.75) is 5.92 Å². The fourth-order valence-corrected chi connectivity index (χ4v) is 3.31. The highest BCUT2D eigenvalue weighted by molar-refractivity contribution is 5.97. The van der Waals surface area contributed by atoms with Gasteiger partial charge in [-0.2, -0.15) is 5.10 Å². The van der Waals surface area contributed by atoms with Gasteiger partial charge in [-0.3, -0.25) is 14.5 Å². The molecule has 7 nitrogen and oxygen atoms in total. The Balaban J connectivity index is 1.35. The van der Waals surface area contributed by atoms with Crippen LogP contribution in [0.25, 0.3) is 22.1 Å². The fourth-order valence-electron chi connectivity index (χ4n) is 3.31. The van der Waals surface area contributed by atoms with E-state index in [9.17, 15) is 4.79 Å². The zero-order valence-electron chi connectivity index (χ0n) is 13.7. The van der Waals surface area contributed by atoms with Gasteiger partial charge in [0.05, 0.1) is 34.2 Å². The number of carbonyl (C=O) groups excluding carboxylic acids is 1. The van der Waals surface area contributed by atoms with Crippen molar-refractivity contribution >= 4 is 28.0 Å². The Morgan fingerprint density at radius 1 is 1.20 bits per heavy atom. The normalized spacial score (nSPS) is 15.0. The molecule has 0 unspecified atom stereocenters. The number of amides is 1. The summed E-state index contributed by atoms with van der Waals surface area (Å²) in [7, 11) is 1.85. The number of fused-ring (bicyclic) bond motifs is 2. The molecule has 0 spiro atoms. The van der Waals surface area contributed by atoms with Gasteiger partial charge in [0.2, 0.25) is 0 Å². The second-order valence-electron chi connectivity index (χ2n) is 6.44. The van der Waals surface area contributed by atoms with Crippen molar-refractivity contribution in [1.82, 2.24) is 29.6 Å². The van der Waals surface area contributed by atoms with E-state index >= 15 is 0 Å². The summed E-state index contributed by atoms with van der Waals surface area (Å²) in [5.74, 6) is 1.21. The number of nitrogens with zero attached hydrogens (tertiary/aromatic N) is 5. The largest absolute Gasteiger partial charge is 0.342 e. The molecule has 1 amide bonds. The number of rotatable bonds is 2. The summed E-state index contributed by atoms with van der Waals surface area (Å²) in [6.45, 7) is 1.34. The minimum atomic E-state index is 0.00274. The SMILES string of the molecule is Cn1ncc2ncc(C(=O)N3CC(c4nc5ccccc5[nH]4)C3)cc21. The minimum Gasteiger partial charge on any atom is -0.342 e. The third-order valence-electron chi connectivity index (χ3n) is 4.81. The van der Waals surface area contributed by atoms with E-state index in [-0.39, 0.29) is 11.8 Å². The number of imidazole rings is 1. The summed E-state index contributed by atoms with van der Waals surface area (Å²) >= 11 is 0. The first-order chi connectivity index (χ1) is 12.2. The molecule has 0 bridgehead atoms. The van der Waals surface area contributed by atoms with Crippen molar-refractivity contribution in [2.75, 3.05) is 13.1 Å². The Kier molecular flexibility index (Phi) is 2.91. The highest BCUT2D eigenvalue weighted by atomic mass is 16.2. The van der Waals surface area contributed by atoms with E-state index in [1.807, 2.05) is 42.3 Å². The molecule has 25 heavy (non-hydrogen) atoms. The maximum atomic E-state index is 12.7. The lowest BCUT2D eigenvalue weighted by atomic mass is 9.98. The lowest BCUT2D eigenvalue weighted by Crippen LogP contribution is -2.48. The van der Waals surface area contributed by atoms with Gasteiger partial charge in [-0.15, -0.1) is 0 Å². The Bertz CT molecular complexity index is 1070. The van der Waals surface area contributed by atoms with Gasteiger partial charge in [0, 0.05) is 26.3 Å². The molecule has 0 atom stereocenters. The number of aryl methyl sites for hydroxylation is 1. The van der Waals surface area contributed by atoms with Crippen LogP contribution < -0.4 is 0 Å².